The number of pyridine rings is 1. The van der Waals surface area contributed by atoms with Gasteiger partial charge in [-0.2, -0.15) is 0 Å². The van der Waals surface area contributed by atoms with Crippen molar-refractivity contribution in [2.45, 2.75) is 12.7 Å². The second-order valence-corrected chi connectivity index (χ2v) is 12.0. The van der Waals surface area contributed by atoms with E-state index < -0.39 is 9.84 Å². The molecule has 1 fully saturated rings. The number of rotatable bonds is 9. The van der Waals surface area contributed by atoms with Gasteiger partial charge in [0.25, 0.3) is 5.91 Å². The topological polar surface area (TPSA) is 109 Å². The summed E-state index contributed by atoms with van der Waals surface area (Å²) in [5.74, 6) is -0.161. The normalized spacial score (nSPS) is 14.2. The molecule has 39 heavy (non-hydrogen) atoms. The maximum atomic E-state index is 13.1. The van der Waals surface area contributed by atoms with Gasteiger partial charge in [-0.05, 0) is 42.5 Å². The van der Waals surface area contributed by atoms with E-state index >= 15 is 0 Å². The first-order valence-electron chi connectivity index (χ1n) is 12.5. The first-order chi connectivity index (χ1) is 18.6. The Labute approximate surface area is 233 Å². The number of carbonyl (C=O) groups is 2. The molecule has 0 unspecified atom stereocenters. The highest BCUT2D eigenvalue weighted by molar-refractivity contribution is 7.89. The SMILES string of the molecule is CC(=O)N1CCN(CCOc2cc(C(=O)Nc3ccc(Cl)c(-c4ccccn4)c3)ccc2CS(C)(=O)=O)CC1. The third-order valence-corrected chi connectivity index (χ3v) is 7.56. The average Bonchev–Trinajstić information content (AvgIpc) is 2.90. The Hall–Kier alpha value is -3.47. The molecule has 1 aromatic heterocycles. The molecule has 1 N–H and O–H groups in total. The number of nitrogens with zero attached hydrogens (tertiary/aromatic N) is 3. The Morgan fingerprint density at radius 3 is 2.49 bits per heavy atom. The van der Waals surface area contributed by atoms with Crippen molar-refractivity contribution >= 4 is 38.9 Å². The van der Waals surface area contributed by atoms with Gasteiger partial charge in [0, 0.05) is 74.5 Å². The van der Waals surface area contributed by atoms with E-state index in [4.69, 9.17) is 16.3 Å². The monoisotopic (exact) mass is 570 g/mol. The summed E-state index contributed by atoms with van der Waals surface area (Å²) < 4.78 is 30.0. The minimum absolute atomic E-state index is 0.0676. The van der Waals surface area contributed by atoms with Gasteiger partial charge in [0.1, 0.15) is 12.4 Å². The summed E-state index contributed by atoms with van der Waals surface area (Å²) in [6, 6.07) is 15.4. The van der Waals surface area contributed by atoms with Gasteiger partial charge in [0.15, 0.2) is 9.84 Å². The summed E-state index contributed by atoms with van der Waals surface area (Å²) in [7, 11) is -3.32. The lowest BCUT2D eigenvalue weighted by atomic mass is 10.1. The quantitative estimate of drug-likeness (QED) is 0.417. The van der Waals surface area contributed by atoms with Crippen LogP contribution >= 0.6 is 11.6 Å². The first kappa shape index (κ1) is 28.5. The zero-order valence-corrected chi connectivity index (χ0v) is 23.5. The van der Waals surface area contributed by atoms with Crippen LogP contribution in [-0.2, 0) is 20.4 Å². The molecule has 2 aromatic carbocycles. The highest BCUT2D eigenvalue weighted by Crippen LogP contribution is 2.30. The summed E-state index contributed by atoms with van der Waals surface area (Å²) in [5, 5.41) is 3.38. The molecule has 0 radical (unpaired) electrons. The molecule has 1 aliphatic rings. The molecule has 206 valence electrons. The summed E-state index contributed by atoms with van der Waals surface area (Å²) >= 11 is 6.36. The molecular formula is C28H31ClN4O5S. The van der Waals surface area contributed by atoms with Crippen LogP contribution in [0, 0.1) is 0 Å². The molecule has 2 heterocycles. The summed E-state index contributed by atoms with van der Waals surface area (Å²) in [6.07, 6.45) is 2.83. The Kier molecular flexibility index (Phi) is 9.21. The van der Waals surface area contributed by atoms with Crippen LogP contribution in [0.25, 0.3) is 11.3 Å². The predicted molar refractivity (Wildman–Crippen MR) is 152 cm³/mol. The number of sulfone groups is 1. The van der Waals surface area contributed by atoms with Crippen molar-refractivity contribution < 1.29 is 22.7 Å². The molecule has 0 atom stereocenters. The van der Waals surface area contributed by atoms with Crippen molar-refractivity contribution in [2.75, 3.05) is 50.9 Å². The van der Waals surface area contributed by atoms with E-state index in [9.17, 15) is 18.0 Å². The number of hydrogen-bond acceptors (Lipinski definition) is 7. The predicted octanol–water partition coefficient (Wildman–Crippen LogP) is 3.74. The number of benzene rings is 2. The maximum absolute atomic E-state index is 13.1. The van der Waals surface area contributed by atoms with Gasteiger partial charge >= 0.3 is 0 Å². The molecule has 1 aliphatic heterocycles. The molecule has 4 rings (SSSR count). The van der Waals surface area contributed by atoms with Crippen molar-refractivity contribution in [3.05, 3.63) is 76.9 Å². The third kappa shape index (κ3) is 8.01. The first-order valence-corrected chi connectivity index (χ1v) is 15.0. The van der Waals surface area contributed by atoms with E-state index in [-0.39, 0.29) is 17.6 Å². The van der Waals surface area contributed by atoms with Crippen LogP contribution in [-0.4, -0.2) is 80.6 Å². The van der Waals surface area contributed by atoms with Crippen molar-refractivity contribution in [2.24, 2.45) is 0 Å². The molecule has 1 saturated heterocycles. The van der Waals surface area contributed by atoms with Crippen LogP contribution in [0.3, 0.4) is 0 Å². The summed E-state index contributed by atoms with van der Waals surface area (Å²) in [5.41, 5.74) is 2.72. The van der Waals surface area contributed by atoms with Crippen molar-refractivity contribution in [1.82, 2.24) is 14.8 Å². The fraction of sp³-hybridized carbons (Fsp3) is 0.321. The number of hydrogen-bond donors (Lipinski definition) is 1. The van der Waals surface area contributed by atoms with Gasteiger partial charge in [-0.3, -0.25) is 19.5 Å². The van der Waals surface area contributed by atoms with Crippen molar-refractivity contribution in [1.29, 1.82) is 0 Å². The minimum Gasteiger partial charge on any atom is -0.492 e. The number of nitrogens with one attached hydrogen (secondary N) is 1. The van der Waals surface area contributed by atoms with Crippen molar-refractivity contribution in [3.63, 3.8) is 0 Å². The Morgan fingerprint density at radius 2 is 1.82 bits per heavy atom. The van der Waals surface area contributed by atoms with Gasteiger partial charge in [-0.15, -0.1) is 0 Å². The Bertz CT molecular complexity index is 1440. The van der Waals surface area contributed by atoms with E-state index in [1.807, 2.05) is 23.1 Å². The Morgan fingerprint density at radius 1 is 1.05 bits per heavy atom. The summed E-state index contributed by atoms with van der Waals surface area (Å²) in [6.45, 7) is 5.30. The average molecular weight is 571 g/mol. The van der Waals surface area contributed by atoms with E-state index in [0.29, 0.717) is 65.1 Å². The molecule has 3 aromatic rings. The number of ether oxygens (including phenoxy) is 1. The van der Waals surface area contributed by atoms with Gasteiger partial charge in [-0.1, -0.05) is 23.7 Å². The molecule has 0 bridgehead atoms. The second-order valence-electron chi connectivity index (χ2n) is 9.45. The third-order valence-electron chi connectivity index (χ3n) is 6.39. The fourth-order valence-electron chi connectivity index (χ4n) is 4.33. The summed E-state index contributed by atoms with van der Waals surface area (Å²) in [4.78, 5) is 33.0. The van der Waals surface area contributed by atoms with Gasteiger partial charge in [-0.25, -0.2) is 8.42 Å². The number of aromatic nitrogens is 1. The van der Waals surface area contributed by atoms with E-state index in [2.05, 4.69) is 15.2 Å². The highest BCUT2D eigenvalue weighted by Gasteiger charge is 2.19. The number of carbonyl (C=O) groups excluding carboxylic acids is 2. The number of halogens is 1. The van der Waals surface area contributed by atoms with Crippen LogP contribution in [0.5, 0.6) is 5.75 Å². The molecule has 2 amide bonds. The van der Waals surface area contributed by atoms with Crippen LogP contribution in [0.2, 0.25) is 5.02 Å². The number of anilines is 1. The maximum Gasteiger partial charge on any atom is 0.255 e. The van der Waals surface area contributed by atoms with Crippen LogP contribution < -0.4 is 10.1 Å². The van der Waals surface area contributed by atoms with Gasteiger partial charge in [0.05, 0.1) is 16.5 Å². The van der Waals surface area contributed by atoms with Crippen LogP contribution in [0.4, 0.5) is 5.69 Å². The smallest absolute Gasteiger partial charge is 0.255 e. The van der Waals surface area contributed by atoms with E-state index in [0.717, 1.165) is 19.3 Å². The highest BCUT2D eigenvalue weighted by atomic mass is 35.5. The Balaban J connectivity index is 1.47. The number of piperazine rings is 1. The molecule has 9 nitrogen and oxygen atoms in total. The standard InChI is InChI=1S/C28H31ClN4O5S/c1-20(34)33-13-11-32(12-14-33)15-16-38-27-17-21(6-7-22(27)19-39(2,36)37)28(35)31-23-8-9-25(29)24(18-23)26-5-3-4-10-30-26/h3-10,17-18H,11-16,19H2,1-2H3,(H,31,35). The largest absolute Gasteiger partial charge is 0.492 e. The fourth-order valence-corrected chi connectivity index (χ4v) is 5.35. The minimum atomic E-state index is -3.32. The zero-order valence-electron chi connectivity index (χ0n) is 21.9. The number of amides is 2. The lowest BCUT2D eigenvalue weighted by Gasteiger charge is -2.34. The van der Waals surface area contributed by atoms with Crippen LogP contribution in [0.15, 0.2) is 60.8 Å². The van der Waals surface area contributed by atoms with E-state index in [1.165, 1.54) is 0 Å². The molecule has 0 saturated carbocycles. The molecule has 11 heteroatoms. The van der Waals surface area contributed by atoms with Crippen molar-refractivity contribution in [3.8, 4) is 17.0 Å². The molecule has 0 aliphatic carbocycles. The molecular weight excluding hydrogens is 540 g/mol. The second kappa shape index (κ2) is 12.6. The van der Waals surface area contributed by atoms with Gasteiger partial charge in [0.2, 0.25) is 5.91 Å². The lowest BCUT2D eigenvalue weighted by molar-refractivity contribution is -0.130. The zero-order chi connectivity index (χ0) is 28.0. The van der Waals surface area contributed by atoms with Gasteiger partial charge < -0.3 is 15.0 Å². The molecule has 0 spiro atoms. The lowest BCUT2D eigenvalue weighted by Crippen LogP contribution is -2.48. The van der Waals surface area contributed by atoms with E-state index in [1.54, 1.807) is 49.5 Å². The van der Waals surface area contributed by atoms with Crippen LogP contribution in [0.1, 0.15) is 22.8 Å².